The summed E-state index contributed by atoms with van der Waals surface area (Å²) in [5.41, 5.74) is 3.71. The van der Waals surface area contributed by atoms with Crippen molar-refractivity contribution in [2.45, 2.75) is 71.0 Å². The maximum absolute atomic E-state index is 10.2. The Balaban J connectivity index is 1.75. The number of fused-ring (bicyclic) bond motifs is 1. The predicted molar refractivity (Wildman–Crippen MR) is 96.4 cm³/mol. The Labute approximate surface area is 145 Å². The largest absolute Gasteiger partial charge is 0.392 e. The SMILES string of the molecule is CC1CCC2/C(=C/C=C3C[C@@H](O)C(=CCO)[C@H](O)C3)CCCC12C. The Morgan fingerprint density at radius 1 is 1.12 bits per heavy atom. The van der Waals surface area contributed by atoms with Gasteiger partial charge in [-0.15, -0.1) is 0 Å². The van der Waals surface area contributed by atoms with E-state index in [2.05, 4.69) is 26.0 Å². The summed E-state index contributed by atoms with van der Waals surface area (Å²) in [7, 11) is 0. The molecule has 0 aliphatic heterocycles. The number of hydrogen-bond donors (Lipinski definition) is 3. The summed E-state index contributed by atoms with van der Waals surface area (Å²) in [5, 5.41) is 29.4. The first kappa shape index (κ1) is 17.9. The standard InChI is InChI=1S/C21H32O3/c1-14-5-8-18-16(4-3-10-21(14,18)2)7-6-15-12-19(23)17(9-11-22)20(24)13-15/h6-7,9,14,18-20,22-24H,3-5,8,10-13H2,1-2H3/b15-6?,16-7+,17-9?/t14?,18?,19-,20-,21?/m1/s1. The zero-order valence-electron chi connectivity index (χ0n) is 15.0. The molecule has 3 nitrogen and oxygen atoms in total. The van der Waals surface area contributed by atoms with Crippen LogP contribution in [0.1, 0.15) is 58.8 Å². The minimum atomic E-state index is -0.673. The average Bonchev–Trinajstić information content (AvgIpc) is 2.85. The third-order valence-corrected chi connectivity index (χ3v) is 6.98. The van der Waals surface area contributed by atoms with Gasteiger partial charge in [-0.05, 0) is 67.8 Å². The molecule has 3 fully saturated rings. The molecular weight excluding hydrogens is 300 g/mol. The Hall–Kier alpha value is -0.900. The van der Waals surface area contributed by atoms with Gasteiger partial charge in [0.05, 0.1) is 18.8 Å². The van der Waals surface area contributed by atoms with Gasteiger partial charge in [0.15, 0.2) is 0 Å². The van der Waals surface area contributed by atoms with E-state index in [1.165, 1.54) is 38.2 Å². The molecule has 3 saturated carbocycles. The van der Waals surface area contributed by atoms with Crippen LogP contribution in [0.2, 0.25) is 0 Å². The number of allylic oxidation sites excluding steroid dienone is 3. The Bertz CT molecular complexity index is 543. The maximum atomic E-state index is 10.2. The van der Waals surface area contributed by atoms with Gasteiger partial charge in [-0.3, -0.25) is 0 Å². The maximum Gasteiger partial charge on any atom is 0.0813 e. The van der Waals surface area contributed by atoms with E-state index >= 15 is 0 Å². The number of aliphatic hydroxyl groups excluding tert-OH is 3. The highest BCUT2D eigenvalue weighted by Crippen LogP contribution is 2.57. The fraction of sp³-hybridized carbons (Fsp3) is 0.714. The fourth-order valence-corrected chi connectivity index (χ4v) is 5.27. The lowest BCUT2D eigenvalue weighted by atomic mass is 9.64. The Morgan fingerprint density at radius 2 is 1.83 bits per heavy atom. The lowest BCUT2D eigenvalue weighted by Gasteiger charge is -2.41. The van der Waals surface area contributed by atoms with Gasteiger partial charge in [0.25, 0.3) is 0 Å². The summed E-state index contributed by atoms with van der Waals surface area (Å²) in [6.45, 7) is 4.74. The molecule has 0 heterocycles. The zero-order valence-corrected chi connectivity index (χ0v) is 15.0. The van der Waals surface area contributed by atoms with Crippen LogP contribution in [-0.4, -0.2) is 34.1 Å². The van der Waals surface area contributed by atoms with E-state index in [9.17, 15) is 10.2 Å². The minimum absolute atomic E-state index is 0.134. The van der Waals surface area contributed by atoms with Crippen molar-refractivity contribution in [1.82, 2.24) is 0 Å². The first-order valence-electron chi connectivity index (χ1n) is 9.51. The molecule has 3 unspecified atom stereocenters. The zero-order chi connectivity index (χ0) is 17.3. The summed E-state index contributed by atoms with van der Waals surface area (Å²) < 4.78 is 0. The second kappa shape index (κ2) is 7.15. The summed E-state index contributed by atoms with van der Waals surface area (Å²) in [5.74, 6) is 1.52. The van der Waals surface area contributed by atoms with E-state index in [-0.39, 0.29) is 6.61 Å². The molecule has 24 heavy (non-hydrogen) atoms. The molecule has 3 heteroatoms. The van der Waals surface area contributed by atoms with Gasteiger partial charge >= 0.3 is 0 Å². The van der Waals surface area contributed by atoms with Crippen molar-refractivity contribution in [3.05, 3.63) is 34.9 Å². The van der Waals surface area contributed by atoms with Crippen LogP contribution in [0.4, 0.5) is 0 Å². The third kappa shape index (κ3) is 3.26. The minimum Gasteiger partial charge on any atom is -0.392 e. The van der Waals surface area contributed by atoms with Gasteiger partial charge in [-0.2, -0.15) is 0 Å². The van der Waals surface area contributed by atoms with Crippen molar-refractivity contribution in [3.63, 3.8) is 0 Å². The van der Waals surface area contributed by atoms with Crippen molar-refractivity contribution >= 4 is 0 Å². The van der Waals surface area contributed by atoms with Gasteiger partial charge in [-0.1, -0.05) is 43.2 Å². The first-order valence-corrected chi connectivity index (χ1v) is 9.51. The molecule has 0 aromatic carbocycles. The quantitative estimate of drug-likeness (QED) is 0.678. The normalized spacial score (nSPS) is 41.5. The van der Waals surface area contributed by atoms with E-state index < -0.39 is 12.2 Å². The summed E-state index contributed by atoms with van der Waals surface area (Å²) in [6, 6.07) is 0. The summed E-state index contributed by atoms with van der Waals surface area (Å²) >= 11 is 0. The van der Waals surface area contributed by atoms with Crippen LogP contribution in [0, 0.1) is 17.3 Å². The van der Waals surface area contributed by atoms with Crippen molar-refractivity contribution in [1.29, 1.82) is 0 Å². The molecule has 134 valence electrons. The molecule has 0 aromatic heterocycles. The lowest BCUT2D eigenvalue weighted by molar-refractivity contribution is 0.121. The monoisotopic (exact) mass is 332 g/mol. The van der Waals surface area contributed by atoms with E-state index in [4.69, 9.17) is 5.11 Å². The molecule has 3 rings (SSSR count). The third-order valence-electron chi connectivity index (χ3n) is 6.98. The van der Waals surface area contributed by atoms with Crippen LogP contribution >= 0.6 is 0 Å². The molecule has 3 aliphatic rings. The first-order chi connectivity index (χ1) is 11.5. The fourth-order valence-electron chi connectivity index (χ4n) is 5.27. The van der Waals surface area contributed by atoms with Gasteiger partial charge in [0.1, 0.15) is 0 Å². The molecular formula is C21H32O3. The molecule has 0 radical (unpaired) electrons. The molecule has 0 saturated heterocycles. The predicted octanol–water partition coefficient (Wildman–Crippen LogP) is 3.51. The van der Waals surface area contributed by atoms with Crippen LogP contribution in [0.15, 0.2) is 34.9 Å². The van der Waals surface area contributed by atoms with Crippen LogP contribution in [-0.2, 0) is 0 Å². The second-order valence-corrected chi connectivity index (χ2v) is 8.28. The number of hydrogen-bond acceptors (Lipinski definition) is 3. The van der Waals surface area contributed by atoms with Crippen LogP contribution < -0.4 is 0 Å². The number of aliphatic hydroxyl groups is 3. The van der Waals surface area contributed by atoms with Gasteiger partial charge in [0.2, 0.25) is 0 Å². The highest BCUT2D eigenvalue weighted by molar-refractivity contribution is 5.30. The summed E-state index contributed by atoms with van der Waals surface area (Å²) in [4.78, 5) is 0. The molecule has 0 aromatic rings. The van der Waals surface area contributed by atoms with Crippen LogP contribution in [0.25, 0.3) is 0 Å². The van der Waals surface area contributed by atoms with Gasteiger partial charge in [-0.25, -0.2) is 0 Å². The Morgan fingerprint density at radius 3 is 2.50 bits per heavy atom. The van der Waals surface area contributed by atoms with Gasteiger partial charge in [0, 0.05) is 0 Å². The Kier molecular flexibility index (Phi) is 5.33. The van der Waals surface area contributed by atoms with Crippen molar-refractivity contribution in [3.8, 4) is 0 Å². The second-order valence-electron chi connectivity index (χ2n) is 8.28. The summed E-state index contributed by atoms with van der Waals surface area (Å²) in [6.07, 6.45) is 12.2. The highest BCUT2D eigenvalue weighted by Gasteiger charge is 2.46. The molecule has 5 atom stereocenters. The van der Waals surface area contributed by atoms with Crippen molar-refractivity contribution < 1.29 is 15.3 Å². The van der Waals surface area contributed by atoms with Crippen molar-refractivity contribution in [2.75, 3.05) is 6.61 Å². The smallest absolute Gasteiger partial charge is 0.0813 e. The van der Waals surface area contributed by atoms with Crippen LogP contribution in [0.3, 0.4) is 0 Å². The van der Waals surface area contributed by atoms with E-state index in [0.29, 0.717) is 29.7 Å². The number of rotatable bonds is 2. The lowest BCUT2D eigenvalue weighted by Crippen LogP contribution is -2.32. The average molecular weight is 332 g/mol. The van der Waals surface area contributed by atoms with E-state index in [1.54, 1.807) is 5.57 Å². The molecule has 0 spiro atoms. The topological polar surface area (TPSA) is 60.7 Å². The van der Waals surface area contributed by atoms with E-state index in [1.807, 2.05) is 0 Å². The molecule has 0 amide bonds. The van der Waals surface area contributed by atoms with E-state index in [0.717, 1.165) is 11.5 Å². The molecule has 3 N–H and O–H groups in total. The van der Waals surface area contributed by atoms with Gasteiger partial charge < -0.3 is 15.3 Å². The highest BCUT2D eigenvalue weighted by atomic mass is 16.3. The molecule has 3 aliphatic carbocycles. The van der Waals surface area contributed by atoms with Crippen molar-refractivity contribution in [2.24, 2.45) is 17.3 Å². The van der Waals surface area contributed by atoms with Crippen LogP contribution in [0.5, 0.6) is 0 Å². The molecule has 0 bridgehead atoms.